The molecule has 3 rings (SSSR count). The zero-order valence-electron chi connectivity index (χ0n) is 17.4. The molecule has 1 unspecified atom stereocenters. The summed E-state index contributed by atoms with van der Waals surface area (Å²) in [6.45, 7) is 1.78. The highest BCUT2D eigenvalue weighted by Crippen LogP contribution is 2.37. The summed E-state index contributed by atoms with van der Waals surface area (Å²) in [5.41, 5.74) is 4.14. The van der Waals surface area contributed by atoms with Gasteiger partial charge in [0.05, 0.1) is 27.5 Å². The first kappa shape index (κ1) is 21.0. The molecule has 3 aromatic rings. The number of amides is 1. The summed E-state index contributed by atoms with van der Waals surface area (Å²) >= 11 is 0. The molecule has 0 saturated heterocycles. The Morgan fingerprint density at radius 3 is 2.30 bits per heavy atom. The lowest BCUT2D eigenvalue weighted by Gasteiger charge is -2.15. The number of methoxy groups -OCH3 is 3. The highest BCUT2D eigenvalue weighted by molar-refractivity contribution is 5.96. The van der Waals surface area contributed by atoms with Crippen molar-refractivity contribution in [3.05, 3.63) is 60.2 Å². The number of nitrogens with one attached hydrogen (secondary N) is 2. The molecule has 0 fully saturated rings. The van der Waals surface area contributed by atoms with E-state index in [9.17, 15) is 4.79 Å². The summed E-state index contributed by atoms with van der Waals surface area (Å²) < 4.78 is 15.9. The van der Waals surface area contributed by atoms with Crippen molar-refractivity contribution >= 4 is 28.6 Å². The van der Waals surface area contributed by atoms with Gasteiger partial charge >= 0.3 is 0 Å². The highest BCUT2D eigenvalue weighted by atomic mass is 16.5. The molecule has 1 atom stereocenters. The quantitative estimate of drug-likeness (QED) is 0.438. The van der Waals surface area contributed by atoms with Crippen molar-refractivity contribution in [1.29, 1.82) is 0 Å². The topological polar surface area (TPSA) is 81.2 Å². The Morgan fingerprint density at radius 1 is 0.967 bits per heavy atom. The maximum atomic E-state index is 12.5. The van der Waals surface area contributed by atoms with Crippen molar-refractivity contribution in [2.24, 2.45) is 5.10 Å². The van der Waals surface area contributed by atoms with Crippen LogP contribution in [0.5, 0.6) is 17.2 Å². The minimum absolute atomic E-state index is 0.258. The maximum absolute atomic E-state index is 12.5. The molecule has 0 heterocycles. The van der Waals surface area contributed by atoms with E-state index in [0.29, 0.717) is 22.8 Å². The van der Waals surface area contributed by atoms with Crippen molar-refractivity contribution < 1.29 is 19.0 Å². The molecule has 0 aliphatic rings. The van der Waals surface area contributed by atoms with Crippen molar-refractivity contribution in [1.82, 2.24) is 5.43 Å². The molecule has 2 N–H and O–H groups in total. The number of nitrogens with zero attached hydrogens (tertiary/aromatic N) is 1. The average molecular weight is 407 g/mol. The van der Waals surface area contributed by atoms with E-state index in [2.05, 4.69) is 15.8 Å². The third kappa shape index (κ3) is 4.63. The smallest absolute Gasteiger partial charge is 0.262 e. The van der Waals surface area contributed by atoms with Gasteiger partial charge in [-0.15, -0.1) is 0 Å². The highest BCUT2D eigenvalue weighted by Gasteiger charge is 2.14. The molecule has 0 radical (unpaired) electrons. The van der Waals surface area contributed by atoms with Crippen LogP contribution in [0.2, 0.25) is 0 Å². The number of hydrogen-bond acceptors (Lipinski definition) is 6. The van der Waals surface area contributed by atoms with E-state index >= 15 is 0 Å². The third-order valence-electron chi connectivity index (χ3n) is 4.63. The summed E-state index contributed by atoms with van der Waals surface area (Å²) in [5.74, 6) is 1.26. The normalized spacial score (nSPS) is 11.9. The molecular formula is C23H25N3O4. The van der Waals surface area contributed by atoms with Gasteiger partial charge in [-0.3, -0.25) is 4.79 Å². The number of anilines is 1. The first-order valence-corrected chi connectivity index (χ1v) is 9.44. The second-order valence-corrected chi connectivity index (χ2v) is 6.59. The molecule has 3 aromatic carbocycles. The van der Waals surface area contributed by atoms with Crippen LogP contribution >= 0.6 is 0 Å². The summed E-state index contributed by atoms with van der Waals surface area (Å²) in [6.07, 6.45) is 1.52. The van der Waals surface area contributed by atoms with E-state index in [4.69, 9.17) is 14.2 Å². The fourth-order valence-electron chi connectivity index (χ4n) is 3.09. The maximum Gasteiger partial charge on any atom is 0.262 e. The van der Waals surface area contributed by atoms with Gasteiger partial charge in [0.2, 0.25) is 5.75 Å². The Labute approximate surface area is 175 Å². The van der Waals surface area contributed by atoms with Gasteiger partial charge in [-0.2, -0.15) is 5.10 Å². The molecular weight excluding hydrogens is 382 g/mol. The van der Waals surface area contributed by atoms with E-state index in [0.717, 1.165) is 16.5 Å². The van der Waals surface area contributed by atoms with Gasteiger partial charge in [0, 0.05) is 16.6 Å². The van der Waals surface area contributed by atoms with Crippen molar-refractivity contribution in [3.63, 3.8) is 0 Å². The molecule has 0 saturated carbocycles. The van der Waals surface area contributed by atoms with Gasteiger partial charge in [-0.05, 0) is 30.5 Å². The number of carbonyl (C=O) groups excluding carboxylic acids is 1. The second kappa shape index (κ2) is 9.65. The number of benzene rings is 3. The van der Waals surface area contributed by atoms with E-state index in [1.165, 1.54) is 6.21 Å². The van der Waals surface area contributed by atoms with Crippen LogP contribution in [0.4, 0.5) is 5.69 Å². The molecule has 0 spiro atoms. The van der Waals surface area contributed by atoms with Gasteiger partial charge in [-0.1, -0.05) is 36.4 Å². The Balaban J connectivity index is 1.68. The molecule has 0 bridgehead atoms. The summed E-state index contributed by atoms with van der Waals surface area (Å²) in [5, 5.41) is 9.46. The van der Waals surface area contributed by atoms with Crippen molar-refractivity contribution in [2.45, 2.75) is 13.0 Å². The second-order valence-electron chi connectivity index (χ2n) is 6.59. The number of hydrazone groups is 1. The molecule has 30 heavy (non-hydrogen) atoms. The Kier molecular flexibility index (Phi) is 6.75. The van der Waals surface area contributed by atoms with E-state index in [-0.39, 0.29) is 5.91 Å². The van der Waals surface area contributed by atoms with Crippen LogP contribution in [0.3, 0.4) is 0 Å². The first-order chi connectivity index (χ1) is 14.6. The fourth-order valence-corrected chi connectivity index (χ4v) is 3.09. The number of ether oxygens (including phenoxy) is 3. The lowest BCUT2D eigenvalue weighted by atomic mass is 10.1. The summed E-state index contributed by atoms with van der Waals surface area (Å²) in [7, 11) is 4.62. The number of rotatable bonds is 8. The fraction of sp³-hybridized carbons (Fsp3) is 0.217. The number of carbonyl (C=O) groups is 1. The zero-order valence-corrected chi connectivity index (χ0v) is 17.4. The lowest BCUT2D eigenvalue weighted by molar-refractivity contribution is -0.121. The molecule has 156 valence electrons. The molecule has 1 amide bonds. The Bertz CT molecular complexity index is 1030. The van der Waals surface area contributed by atoms with Gasteiger partial charge in [-0.25, -0.2) is 5.43 Å². The van der Waals surface area contributed by atoms with Crippen LogP contribution in [0.1, 0.15) is 12.5 Å². The van der Waals surface area contributed by atoms with Crippen LogP contribution in [0.25, 0.3) is 10.8 Å². The summed E-state index contributed by atoms with van der Waals surface area (Å²) in [6, 6.07) is 17.0. The van der Waals surface area contributed by atoms with Gasteiger partial charge < -0.3 is 19.5 Å². The zero-order chi connectivity index (χ0) is 21.5. The Hall–Kier alpha value is -3.74. The Morgan fingerprint density at radius 2 is 1.63 bits per heavy atom. The molecule has 7 heteroatoms. The number of fused-ring (bicyclic) bond motifs is 1. The minimum atomic E-state index is -0.479. The molecule has 0 aliphatic heterocycles. The van der Waals surface area contributed by atoms with Gasteiger partial charge in [0.1, 0.15) is 6.04 Å². The minimum Gasteiger partial charge on any atom is -0.493 e. The first-order valence-electron chi connectivity index (χ1n) is 9.44. The van der Waals surface area contributed by atoms with E-state index < -0.39 is 6.04 Å². The number of hydrogen-bond donors (Lipinski definition) is 2. The van der Waals surface area contributed by atoms with E-state index in [1.807, 2.05) is 42.5 Å². The largest absolute Gasteiger partial charge is 0.493 e. The third-order valence-corrected chi connectivity index (χ3v) is 4.63. The predicted molar refractivity (Wildman–Crippen MR) is 119 cm³/mol. The van der Waals surface area contributed by atoms with Crippen LogP contribution < -0.4 is 25.0 Å². The SMILES string of the molecule is COc1cc(C=NNC(=O)C(C)Nc2cccc3ccccc23)cc(OC)c1OC. The van der Waals surface area contributed by atoms with Crippen LogP contribution in [-0.2, 0) is 4.79 Å². The molecule has 0 aliphatic carbocycles. The molecule has 7 nitrogen and oxygen atoms in total. The van der Waals surface area contributed by atoms with Gasteiger partial charge in [0.15, 0.2) is 11.5 Å². The summed E-state index contributed by atoms with van der Waals surface area (Å²) in [4.78, 5) is 12.5. The lowest BCUT2D eigenvalue weighted by Crippen LogP contribution is -2.34. The van der Waals surface area contributed by atoms with Crippen LogP contribution in [0, 0.1) is 0 Å². The van der Waals surface area contributed by atoms with Crippen LogP contribution in [0.15, 0.2) is 59.7 Å². The van der Waals surface area contributed by atoms with E-state index in [1.54, 1.807) is 40.4 Å². The van der Waals surface area contributed by atoms with Crippen LogP contribution in [-0.4, -0.2) is 39.5 Å². The standard InChI is InChI=1S/C23H25N3O4/c1-15(25-19-11-7-9-17-8-5-6-10-18(17)19)23(27)26-24-14-16-12-20(28-2)22(30-4)21(13-16)29-3/h5-15,25H,1-4H3,(H,26,27). The molecule has 0 aromatic heterocycles. The van der Waals surface area contributed by atoms with Gasteiger partial charge in [0.25, 0.3) is 5.91 Å². The van der Waals surface area contributed by atoms with Crippen molar-refractivity contribution in [2.75, 3.05) is 26.6 Å². The average Bonchev–Trinajstić information content (AvgIpc) is 2.78. The predicted octanol–water partition coefficient (Wildman–Crippen LogP) is 3.82. The van der Waals surface area contributed by atoms with Crippen molar-refractivity contribution in [3.8, 4) is 17.2 Å². The monoisotopic (exact) mass is 407 g/mol.